The van der Waals surface area contributed by atoms with Gasteiger partial charge in [0.15, 0.2) is 5.82 Å². The van der Waals surface area contributed by atoms with Gasteiger partial charge < -0.3 is 14.5 Å². The number of alkyl halides is 3. The van der Waals surface area contributed by atoms with Crippen molar-refractivity contribution in [2.75, 3.05) is 31.1 Å². The first-order valence-electron chi connectivity index (χ1n) is 11.5. The lowest BCUT2D eigenvalue weighted by atomic mass is 10.1. The van der Waals surface area contributed by atoms with Gasteiger partial charge in [0, 0.05) is 42.7 Å². The number of fused-ring (bicyclic) bond motifs is 1. The summed E-state index contributed by atoms with van der Waals surface area (Å²) >= 11 is 0. The molecule has 6 nitrogen and oxygen atoms in total. The average molecular weight is 493 g/mol. The van der Waals surface area contributed by atoms with Crippen LogP contribution in [0.2, 0.25) is 0 Å². The van der Waals surface area contributed by atoms with Crippen LogP contribution in [0.3, 0.4) is 0 Å². The van der Waals surface area contributed by atoms with Gasteiger partial charge in [-0.2, -0.15) is 0 Å². The lowest BCUT2D eigenvalue weighted by Crippen LogP contribution is -2.49. The van der Waals surface area contributed by atoms with Crippen molar-refractivity contribution in [3.8, 4) is 17.1 Å². The fourth-order valence-electron chi connectivity index (χ4n) is 4.24. The van der Waals surface area contributed by atoms with Crippen LogP contribution in [-0.4, -0.2) is 53.3 Å². The quantitative estimate of drug-likeness (QED) is 0.378. The lowest BCUT2D eigenvalue weighted by Gasteiger charge is -2.36. The molecule has 2 heterocycles. The van der Waals surface area contributed by atoms with Gasteiger partial charge in [-0.3, -0.25) is 4.79 Å². The number of hydrogen-bond acceptors (Lipinski definition) is 5. The van der Waals surface area contributed by atoms with E-state index in [2.05, 4.69) is 9.64 Å². The molecule has 0 N–H and O–H groups in total. The van der Waals surface area contributed by atoms with Crippen LogP contribution in [0.25, 0.3) is 22.3 Å². The molecule has 4 aromatic rings. The van der Waals surface area contributed by atoms with Crippen molar-refractivity contribution in [1.82, 2.24) is 14.9 Å². The Balaban J connectivity index is 1.34. The number of nitrogens with zero attached hydrogens (tertiary/aromatic N) is 4. The zero-order chi connectivity index (χ0) is 25.3. The third-order valence-electron chi connectivity index (χ3n) is 6.09. The van der Waals surface area contributed by atoms with Crippen LogP contribution in [0.4, 0.5) is 19.0 Å². The zero-order valence-corrected chi connectivity index (χ0v) is 19.5. The van der Waals surface area contributed by atoms with Crippen LogP contribution in [0, 0.1) is 6.92 Å². The Morgan fingerprint density at radius 3 is 2.19 bits per heavy atom. The summed E-state index contributed by atoms with van der Waals surface area (Å²) in [5, 5.41) is 0.938. The van der Waals surface area contributed by atoms with E-state index in [9.17, 15) is 18.0 Å². The predicted molar refractivity (Wildman–Crippen MR) is 131 cm³/mol. The summed E-state index contributed by atoms with van der Waals surface area (Å²) in [4.78, 5) is 26.4. The Bertz CT molecular complexity index is 1380. The minimum atomic E-state index is -4.77. The highest BCUT2D eigenvalue weighted by Crippen LogP contribution is 2.29. The van der Waals surface area contributed by atoms with E-state index in [0.717, 1.165) is 40.0 Å². The number of ether oxygens (including phenoxy) is 1. The largest absolute Gasteiger partial charge is 0.573 e. The van der Waals surface area contributed by atoms with E-state index in [0.29, 0.717) is 37.6 Å². The van der Waals surface area contributed by atoms with Gasteiger partial charge in [0.25, 0.3) is 5.91 Å². The van der Waals surface area contributed by atoms with Gasteiger partial charge in [-0.1, -0.05) is 42.0 Å². The third kappa shape index (κ3) is 5.10. The first-order chi connectivity index (χ1) is 17.3. The van der Waals surface area contributed by atoms with E-state index in [1.54, 1.807) is 4.90 Å². The molecule has 0 saturated carbocycles. The maximum absolute atomic E-state index is 12.9. The number of aryl methyl sites for hydroxylation is 1. The van der Waals surface area contributed by atoms with Crippen LogP contribution in [0.1, 0.15) is 15.9 Å². The molecule has 0 unspecified atom stereocenters. The monoisotopic (exact) mass is 492 g/mol. The third-order valence-corrected chi connectivity index (χ3v) is 6.09. The Labute approximate surface area is 206 Å². The van der Waals surface area contributed by atoms with E-state index in [-0.39, 0.29) is 11.7 Å². The van der Waals surface area contributed by atoms with Crippen LogP contribution < -0.4 is 9.64 Å². The number of hydrogen-bond donors (Lipinski definition) is 0. The molecule has 1 aliphatic heterocycles. The highest BCUT2D eigenvalue weighted by Gasteiger charge is 2.31. The van der Waals surface area contributed by atoms with E-state index in [1.165, 1.54) is 12.1 Å². The van der Waals surface area contributed by atoms with Gasteiger partial charge >= 0.3 is 6.36 Å². The van der Waals surface area contributed by atoms with Gasteiger partial charge in [0.1, 0.15) is 11.6 Å². The summed E-state index contributed by atoms with van der Waals surface area (Å²) in [6, 6.07) is 20.9. The minimum Gasteiger partial charge on any atom is -0.406 e. The van der Waals surface area contributed by atoms with E-state index in [4.69, 9.17) is 9.97 Å². The molecule has 36 heavy (non-hydrogen) atoms. The second kappa shape index (κ2) is 9.49. The lowest BCUT2D eigenvalue weighted by molar-refractivity contribution is -0.274. The molecule has 5 rings (SSSR count). The SMILES string of the molecule is Cc1ccc(-c2nc(N3CCN(C(=O)c4ccc(OC(F)(F)F)cc4)CC3)c3ccccc3n2)cc1. The van der Waals surface area contributed by atoms with Crippen molar-refractivity contribution in [2.45, 2.75) is 13.3 Å². The Hall–Kier alpha value is -4.14. The number of amides is 1. The van der Waals surface area contributed by atoms with Crippen LogP contribution >= 0.6 is 0 Å². The van der Waals surface area contributed by atoms with E-state index >= 15 is 0 Å². The van der Waals surface area contributed by atoms with Crippen molar-refractivity contribution >= 4 is 22.6 Å². The van der Waals surface area contributed by atoms with Crippen LogP contribution in [0.5, 0.6) is 5.75 Å². The maximum Gasteiger partial charge on any atom is 0.573 e. The summed E-state index contributed by atoms with van der Waals surface area (Å²) in [6.07, 6.45) is -4.77. The number of carbonyl (C=O) groups is 1. The van der Waals surface area contributed by atoms with Gasteiger partial charge in [0.2, 0.25) is 0 Å². The number of benzene rings is 3. The average Bonchev–Trinajstić information content (AvgIpc) is 2.88. The molecule has 9 heteroatoms. The Kier molecular flexibility index (Phi) is 6.22. The molecule has 1 aromatic heterocycles. The molecule has 0 bridgehead atoms. The van der Waals surface area contributed by atoms with Gasteiger partial charge in [0.05, 0.1) is 5.52 Å². The second-order valence-electron chi connectivity index (χ2n) is 8.61. The van der Waals surface area contributed by atoms with Gasteiger partial charge in [-0.15, -0.1) is 13.2 Å². The Morgan fingerprint density at radius 2 is 1.53 bits per heavy atom. The number of para-hydroxylation sites is 1. The normalized spacial score (nSPS) is 14.2. The van der Waals surface area contributed by atoms with Crippen LogP contribution in [0.15, 0.2) is 72.8 Å². The molecule has 0 spiro atoms. The summed E-state index contributed by atoms with van der Waals surface area (Å²) in [5.74, 6) is 0.866. The fraction of sp³-hybridized carbons (Fsp3) is 0.222. The summed E-state index contributed by atoms with van der Waals surface area (Å²) in [5.41, 5.74) is 3.24. The number of carbonyl (C=O) groups excluding carboxylic acids is 1. The summed E-state index contributed by atoms with van der Waals surface area (Å²) in [6.45, 7) is 4.07. The zero-order valence-electron chi connectivity index (χ0n) is 19.5. The number of rotatable bonds is 4. The highest BCUT2D eigenvalue weighted by atomic mass is 19.4. The van der Waals surface area contributed by atoms with E-state index in [1.807, 2.05) is 55.5 Å². The Morgan fingerprint density at radius 1 is 0.861 bits per heavy atom. The molecule has 0 atom stereocenters. The first kappa shape index (κ1) is 23.6. The summed E-state index contributed by atoms with van der Waals surface area (Å²) in [7, 11) is 0. The van der Waals surface area contributed by atoms with Gasteiger partial charge in [-0.25, -0.2) is 9.97 Å². The molecule has 1 aliphatic rings. The molecule has 0 aliphatic carbocycles. The van der Waals surface area contributed by atoms with Gasteiger partial charge in [-0.05, 0) is 43.3 Å². The van der Waals surface area contributed by atoms with Crippen molar-refractivity contribution in [1.29, 1.82) is 0 Å². The molecule has 0 radical (unpaired) electrons. The van der Waals surface area contributed by atoms with Crippen LogP contribution in [-0.2, 0) is 0 Å². The number of aromatic nitrogens is 2. The maximum atomic E-state index is 12.9. The number of anilines is 1. The second-order valence-corrected chi connectivity index (χ2v) is 8.61. The fourth-order valence-corrected chi connectivity index (χ4v) is 4.24. The van der Waals surface area contributed by atoms with E-state index < -0.39 is 6.36 Å². The topological polar surface area (TPSA) is 58.6 Å². The molecule has 1 fully saturated rings. The molecule has 3 aromatic carbocycles. The smallest absolute Gasteiger partial charge is 0.406 e. The van der Waals surface area contributed by atoms with Crippen molar-refractivity contribution in [3.05, 3.63) is 83.9 Å². The van der Waals surface area contributed by atoms with Crippen molar-refractivity contribution in [2.24, 2.45) is 0 Å². The molecule has 184 valence electrons. The number of piperazine rings is 1. The number of halogens is 3. The molecular formula is C27H23F3N4O2. The predicted octanol–water partition coefficient (Wildman–Crippen LogP) is 5.47. The molecule has 1 amide bonds. The first-order valence-corrected chi connectivity index (χ1v) is 11.5. The highest BCUT2D eigenvalue weighted by molar-refractivity contribution is 5.95. The summed E-state index contributed by atoms with van der Waals surface area (Å²) < 4.78 is 41.1. The van der Waals surface area contributed by atoms with Crippen molar-refractivity contribution < 1.29 is 22.7 Å². The molecular weight excluding hydrogens is 469 g/mol. The standard InChI is InChI=1S/C27H23F3N4O2/c1-18-6-8-19(9-7-18)24-31-23-5-3-2-4-22(23)25(32-24)33-14-16-34(17-15-33)26(35)20-10-12-21(13-11-20)36-27(28,29)30/h2-13H,14-17H2,1H3. The van der Waals surface area contributed by atoms with Crippen molar-refractivity contribution in [3.63, 3.8) is 0 Å². The molecule has 1 saturated heterocycles. The minimum absolute atomic E-state index is 0.235.